The Hall–Kier alpha value is -0.630. The fraction of sp³-hybridized carbons (Fsp3) is 0.111. The first-order chi connectivity index (χ1) is 15.6. The van der Waals surface area contributed by atoms with Gasteiger partial charge in [0.2, 0.25) is 0 Å². The van der Waals surface area contributed by atoms with Crippen molar-refractivity contribution in [2.75, 3.05) is 12.4 Å². The molecule has 3 aromatic rings. The van der Waals surface area contributed by atoms with E-state index >= 15 is 0 Å². The Morgan fingerprint density at radius 1 is 0.943 bits per heavy atom. The normalized spacial score (nSPS) is 11.8. The monoisotopic (exact) mass is 560 g/mol. The van der Waals surface area contributed by atoms with Gasteiger partial charge in [0.25, 0.3) is 0 Å². The van der Waals surface area contributed by atoms with Crippen LogP contribution in [0.2, 0.25) is 0 Å². The molecule has 0 aliphatic rings. The Labute approximate surface area is 249 Å². The van der Waals surface area contributed by atoms with Crippen molar-refractivity contribution < 1.29 is 104 Å². The van der Waals surface area contributed by atoms with Gasteiger partial charge in [-0.25, -0.2) is 16.8 Å². The Kier molecular flexibility index (Phi) is 13.3. The summed E-state index contributed by atoms with van der Waals surface area (Å²) in [7, 11) is -8.54. The maximum atomic E-state index is 12.3. The second-order valence-corrected chi connectivity index (χ2v) is 10.2. The van der Waals surface area contributed by atoms with Crippen molar-refractivity contribution in [3.63, 3.8) is 0 Å². The van der Waals surface area contributed by atoms with Crippen LogP contribution in [0.1, 0.15) is 0 Å². The van der Waals surface area contributed by atoms with Crippen LogP contribution in [0, 0.1) is 0 Å². The molecule has 0 saturated heterocycles. The summed E-state index contributed by atoms with van der Waals surface area (Å²) < 4.78 is 67.6. The molecule has 0 aliphatic heterocycles. The number of aromatic hydroxyl groups is 1. The van der Waals surface area contributed by atoms with Crippen LogP contribution in [0.4, 0.5) is 11.4 Å². The molecule has 0 spiro atoms. The third kappa shape index (κ3) is 8.72. The molecule has 0 atom stereocenters. The third-order valence-corrected chi connectivity index (χ3v) is 7.17. The third-order valence-electron chi connectivity index (χ3n) is 4.23. The summed E-state index contributed by atoms with van der Waals surface area (Å²) in [4.78, 5) is -0.604. The maximum absolute atomic E-state index is 12.3. The number of hydrogen-bond acceptors (Lipinski definition) is 13. The topological polar surface area (TPSA) is 187 Å². The van der Waals surface area contributed by atoms with Crippen molar-refractivity contribution in [1.82, 2.24) is 0 Å². The molecule has 0 aromatic heterocycles. The number of sulfone groups is 1. The van der Waals surface area contributed by atoms with Gasteiger partial charge in [-0.05, 0) is 24.3 Å². The van der Waals surface area contributed by atoms with Crippen LogP contribution in [-0.2, 0) is 33.5 Å². The van der Waals surface area contributed by atoms with Crippen LogP contribution in [0.5, 0.6) is 5.75 Å². The maximum Gasteiger partial charge on any atom is 1.00 e. The molecule has 1 N–H and O–H groups in total. The largest absolute Gasteiger partial charge is 1.00 e. The number of fused-ring (bicyclic) bond motifs is 1. The average Bonchev–Trinajstić information content (AvgIpc) is 2.77. The Morgan fingerprint density at radius 3 is 2.17 bits per heavy atom. The summed E-state index contributed by atoms with van der Waals surface area (Å²) >= 11 is 0.202. The van der Waals surface area contributed by atoms with E-state index in [1.807, 2.05) is 0 Å². The summed E-state index contributed by atoms with van der Waals surface area (Å²) in [6.45, 7) is -0.265. The molecule has 0 unspecified atom stereocenters. The smallest absolute Gasteiger partial charge is 0.744 e. The molecule has 0 bridgehead atoms. The predicted molar refractivity (Wildman–Crippen MR) is 112 cm³/mol. The van der Waals surface area contributed by atoms with E-state index < -0.39 is 36.4 Å². The van der Waals surface area contributed by atoms with Gasteiger partial charge in [-0.15, -0.1) is 9.45 Å². The van der Waals surface area contributed by atoms with Crippen molar-refractivity contribution in [3.8, 4) is 5.75 Å². The number of hydrogen-bond donors (Lipinski definition) is 1. The molecule has 17 heteroatoms. The van der Waals surface area contributed by atoms with Gasteiger partial charge in [-0.3, -0.25) is 9.22 Å². The first-order valence-corrected chi connectivity index (χ1v) is 12.6. The fourth-order valence-electron chi connectivity index (χ4n) is 2.78. The van der Waals surface area contributed by atoms with Crippen molar-refractivity contribution in [2.45, 2.75) is 9.79 Å². The first-order valence-electron chi connectivity index (χ1n) is 8.83. The number of rotatable bonds is 10. The van der Waals surface area contributed by atoms with E-state index in [1.165, 1.54) is 42.5 Å². The molecule has 0 radical (unpaired) electrons. The van der Waals surface area contributed by atoms with Crippen molar-refractivity contribution in [2.24, 2.45) is 10.2 Å². The SMILES string of the molecule is O=S(=O)([O-])c1cc(O)c(N=Nc2ccc(S(=O)(=O)CCOSOO[O-])cc2)c2ccccc12.[Na+].[Na+]. The van der Waals surface area contributed by atoms with Crippen LogP contribution < -0.4 is 64.4 Å². The van der Waals surface area contributed by atoms with Gasteiger partial charge >= 0.3 is 59.1 Å². The van der Waals surface area contributed by atoms with E-state index in [-0.39, 0.29) is 105 Å². The number of nitrogens with zero attached hydrogens (tertiary/aromatic N) is 2. The second-order valence-electron chi connectivity index (χ2n) is 6.28. The van der Waals surface area contributed by atoms with Crippen molar-refractivity contribution in [3.05, 3.63) is 54.6 Å². The van der Waals surface area contributed by atoms with Gasteiger partial charge in [0.05, 0.1) is 27.8 Å². The molecule has 0 aliphatic carbocycles. The minimum atomic E-state index is -4.84. The minimum absolute atomic E-state index is 0. The Morgan fingerprint density at radius 2 is 1.57 bits per heavy atom. The summed E-state index contributed by atoms with van der Waals surface area (Å²) in [6.07, 6.45) is 0. The average molecular weight is 560 g/mol. The van der Waals surface area contributed by atoms with E-state index in [0.717, 1.165) is 6.07 Å². The van der Waals surface area contributed by atoms with Gasteiger partial charge in [0.1, 0.15) is 21.6 Å². The van der Waals surface area contributed by atoms with E-state index in [4.69, 9.17) is 4.18 Å². The molecule has 12 nitrogen and oxygen atoms in total. The van der Waals surface area contributed by atoms with E-state index in [1.54, 1.807) is 6.07 Å². The molecular formula is C18H14N2Na2O10S3. The van der Waals surface area contributed by atoms with E-state index in [9.17, 15) is 31.8 Å². The van der Waals surface area contributed by atoms with Crippen LogP contribution in [0.15, 0.2) is 74.6 Å². The van der Waals surface area contributed by atoms with Gasteiger partial charge in [-0.1, -0.05) is 24.3 Å². The van der Waals surface area contributed by atoms with Crippen LogP contribution >= 0.6 is 12.3 Å². The zero-order valence-corrected chi connectivity index (χ0v) is 24.8. The fourth-order valence-corrected chi connectivity index (χ4v) is 4.89. The molecule has 176 valence electrons. The van der Waals surface area contributed by atoms with Crippen molar-refractivity contribution in [1.29, 1.82) is 0 Å². The first kappa shape index (κ1) is 32.4. The molecule has 3 rings (SSSR count). The van der Waals surface area contributed by atoms with Crippen LogP contribution in [0.3, 0.4) is 0 Å². The zero-order chi connectivity index (χ0) is 24.1. The summed E-state index contributed by atoms with van der Waals surface area (Å²) in [5, 5.41) is 31.1. The summed E-state index contributed by atoms with van der Waals surface area (Å²) in [5.74, 6) is -0.951. The quantitative estimate of drug-likeness (QED) is 0.0492. The van der Waals surface area contributed by atoms with Crippen LogP contribution in [-0.4, -0.2) is 38.9 Å². The van der Waals surface area contributed by atoms with Crippen LogP contribution in [0.25, 0.3) is 10.8 Å². The molecule has 3 aromatic carbocycles. The van der Waals surface area contributed by atoms with Gasteiger partial charge < -0.3 is 14.9 Å². The molecule has 0 heterocycles. The molecule has 0 amide bonds. The number of azo groups is 1. The zero-order valence-electron chi connectivity index (χ0n) is 18.4. The summed E-state index contributed by atoms with van der Waals surface area (Å²) in [6, 6.07) is 12.1. The standard InChI is InChI=1S/C18H16N2O10S3.2Na/c21-16-11-17(33(25,26)27)14-3-1-2-4-15(14)18(16)20-19-12-5-7-13(8-6-12)32(23,24)10-9-28-31-30-29-22;;/h1-8,11,21-22H,9-10H2,(H,25,26,27);;/q;2*+1/p-2. The van der Waals surface area contributed by atoms with Gasteiger partial charge in [0.15, 0.2) is 22.2 Å². The molecule has 0 saturated carbocycles. The van der Waals surface area contributed by atoms with Gasteiger partial charge in [0, 0.05) is 16.8 Å². The summed E-state index contributed by atoms with van der Waals surface area (Å²) in [5.41, 5.74) is 0.180. The van der Waals surface area contributed by atoms with Crippen molar-refractivity contribution >= 4 is 54.4 Å². The molecule has 0 fully saturated rings. The minimum Gasteiger partial charge on any atom is -0.744 e. The van der Waals surface area contributed by atoms with Gasteiger partial charge in [-0.2, -0.15) is 5.11 Å². The Balaban J connectivity index is 0.00000306. The number of phenolic OH excluding ortho intramolecular Hbond substituents is 1. The van der Waals surface area contributed by atoms with E-state index in [0.29, 0.717) is 0 Å². The molecular weight excluding hydrogens is 546 g/mol. The number of benzene rings is 3. The molecule has 35 heavy (non-hydrogen) atoms. The Bertz CT molecular complexity index is 1390. The second kappa shape index (κ2) is 14.3. The van der Waals surface area contributed by atoms with E-state index in [2.05, 4.69) is 19.6 Å². The predicted octanol–water partition coefficient (Wildman–Crippen LogP) is -3.55. The number of phenols is 1.